The summed E-state index contributed by atoms with van der Waals surface area (Å²) in [6, 6.07) is 0. The van der Waals surface area contributed by atoms with Gasteiger partial charge in [0, 0.05) is 0 Å². The van der Waals surface area contributed by atoms with Gasteiger partial charge in [0.1, 0.15) is 17.9 Å². The van der Waals surface area contributed by atoms with Crippen LogP contribution >= 0.6 is 0 Å². The minimum Gasteiger partial charge on any atom is -0.393 e. The number of rotatable bonds is 6. The molecule has 2 unspecified atom stereocenters. The lowest BCUT2D eigenvalue weighted by Crippen LogP contribution is -2.24. The summed E-state index contributed by atoms with van der Waals surface area (Å²) in [5.41, 5.74) is 6.56. The zero-order valence-corrected chi connectivity index (χ0v) is 10.2. The Hall–Kier alpha value is -2.03. The highest BCUT2D eigenvalue weighted by Crippen LogP contribution is 2.20. The van der Waals surface area contributed by atoms with Gasteiger partial charge in [0.05, 0.1) is 19.5 Å². The topological polar surface area (TPSA) is 119 Å². The summed E-state index contributed by atoms with van der Waals surface area (Å²) >= 11 is 0. The van der Waals surface area contributed by atoms with E-state index in [2.05, 4.69) is 21.5 Å². The van der Waals surface area contributed by atoms with Crippen LogP contribution in [0.2, 0.25) is 0 Å². The van der Waals surface area contributed by atoms with Crippen molar-refractivity contribution < 1.29 is 14.9 Å². The third kappa shape index (κ3) is 2.55. The van der Waals surface area contributed by atoms with Crippen molar-refractivity contribution in [1.29, 1.82) is 0 Å². The predicted molar refractivity (Wildman–Crippen MR) is 68.0 cm³/mol. The quantitative estimate of drug-likeness (QED) is 0.600. The van der Waals surface area contributed by atoms with Crippen LogP contribution < -0.4 is 5.73 Å². The number of hydrogen-bond acceptors (Lipinski definition) is 7. The van der Waals surface area contributed by atoms with Crippen molar-refractivity contribution in [3.05, 3.63) is 25.3 Å². The van der Waals surface area contributed by atoms with Crippen LogP contribution in [0.1, 0.15) is 6.23 Å². The Labute approximate surface area is 109 Å². The van der Waals surface area contributed by atoms with Crippen LogP contribution in [0.25, 0.3) is 11.2 Å². The molecule has 0 aliphatic carbocycles. The van der Waals surface area contributed by atoms with Gasteiger partial charge in [-0.25, -0.2) is 15.0 Å². The van der Waals surface area contributed by atoms with Gasteiger partial charge in [-0.05, 0) is 0 Å². The van der Waals surface area contributed by atoms with Crippen molar-refractivity contribution >= 4 is 17.0 Å². The van der Waals surface area contributed by atoms with E-state index in [4.69, 9.17) is 15.6 Å². The number of aliphatic hydroxyl groups is 2. The summed E-state index contributed by atoms with van der Waals surface area (Å²) in [4.78, 5) is 12.0. The summed E-state index contributed by atoms with van der Waals surface area (Å²) in [7, 11) is 0. The molecule has 0 spiro atoms. The minimum absolute atomic E-state index is 0.232. The number of ether oxygens (including phenoxy) is 1. The summed E-state index contributed by atoms with van der Waals surface area (Å²) < 4.78 is 7.02. The maximum Gasteiger partial charge on any atom is 0.167 e. The molecule has 0 saturated heterocycles. The highest BCUT2D eigenvalue weighted by molar-refractivity contribution is 5.81. The average molecular weight is 265 g/mol. The van der Waals surface area contributed by atoms with Gasteiger partial charge in [-0.3, -0.25) is 4.57 Å². The van der Waals surface area contributed by atoms with Crippen molar-refractivity contribution in [1.82, 2.24) is 19.5 Å². The highest BCUT2D eigenvalue weighted by atomic mass is 16.5. The Morgan fingerprint density at radius 3 is 2.79 bits per heavy atom. The summed E-state index contributed by atoms with van der Waals surface area (Å²) in [5.74, 6) is 0.253. The average Bonchev–Trinajstić information content (AvgIpc) is 2.86. The van der Waals surface area contributed by atoms with E-state index in [1.807, 2.05) is 0 Å². The van der Waals surface area contributed by atoms with Gasteiger partial charge in [-0.1, -0.05) is 6.08 Å². The molecule has 19 heavy (non-hydrogen) atoms. The molecular weight excluding hydrogens is 250 g/mol. The fourth-order valence-electron chi connectivity index (χ4n) is 1.65. The second-order valence-corrected chi connectivity index (χ2v) is 3.81. The molecule has 0 aliphatic heterocycles. The smallest absolute Gasteiger partial charge is 0.167 e. The monoisotopic (exact) mass is 265 g/mol. The molecule has 2 atom stereocenters. The summed E-state index contributed by atoms with van der Waals surface area (Å²) in [6.45, 7) is 3.00. The molecule has 0 amide bonds. The van der Waals surface area contributed by atoms with E-state index >= 15 is 0 Å². The molecule has 2 aromatic heterocycles. The fourth-order valence-corrected chi connectivity index (χ4v) is 1.65. The summed E-state index contributed by atoms with van der Waals surface area (Å²) in [5, 5.41) is 18.5. The molecule has 8 nitrogen and oxygen atoms in total. The number of imidazole rings is 1. The maximum atomic E-state index is 9.40. The fraction of sp³-hybridized carbons (Fsp3) is 0.364. The first kappa shape index (κ1) is 13.4. The molecule has 0 aliphatic rings. The van der Waals surface area contributed by atoms with Gasteiger partial charge in [0.15, 0.2) is 17.7 Å². The van der Waals surface area contributed by atoms with E-state index in [9.17, 15) is 5.11 Å². The Morgan fingerprint density at radius 1 is 1.37 bits per heavy atom. The first-order chi connectivity index (χ1) is 9.21. The van der Waals surface area contributed by atoms with Gasteiger partial charge in [0.25, 0.3) is 0 Å². The Morgan fingerprint density at radius 2 is 2.16 bits per heavy atom. The second kappa shape index (κ2) is 5.74. The van der Waals surface area contributed by atoms with Crippen LogP contribution in [0, 0.1) is 0 Å². The molecular formula is C11H15N5O3. The number of aliphatic hydroxyl groups excluding tert-OH is 2. The molecule has 0 saturated carbocycles. The molecule has 2 rings (SSSR count). The predicted octanol–water partition coefficient (Wildman–Crippen LogP) is -0.537. The molecule has 2 aromatic rings. The first-order valence-corrected chi connectivity index (χ1v) is 5.64. The lowest BCUT2D eigenvalue weighted by molar-refractivity contribution is -0.0756. The molecule has 102 valence electrons. The minimum atomic E-state index is -0.741. The largest absolute Gasteiger partial charge is 0.393 e. The molecule has 8 heteroatoms. The van der Waals surface area contributed by atoms with Crippen molar-refractivity contribution in [2.75, 3.05) is 18.9 Å². The Balaban J connectivity index is 2.35. The zero-order valence-electron chi connectivity index (χ0n) is 10.2. The van der Waals surface area contributed by atoms with Gasteiger partial charge in [-0.2, -0.15) is 0 Å². The number of anilines is 1. The van der Waals surface area contributed by atoms with Crippen LogP contribution in [0.5, 0.6) is 0 Å². The number of fused-ring (bicyclic) bond motifs is 1. The van der Waals surface area contributed by atoms with E-state index < -0.39 is 12.3 Å². The van der Waals surface area contributed by atoms with E-state index in [1.165, 1.54) is 23.3 Å². The summed E-state index contributed by atoms with van der Waals surface area (Å²) in [6.07, 6.45) is 2.88. The van der Waals surface area contributed by atoms with Gasteiger partial charge < -0.3 is 20.7 Å². The van der Waals surface area contributed by atoms with E-state index in [0.29, 0.717) is 11.2 Å². The van der Waals surface area contributed by atoms with Crippen LogP contribution in [0.3, 0.4) is 0 Å². The number of nitrogens with zero attached hydrogens (tertiary/aromatic N) is 4. The second-order valence-electron chi connectivity index (χ2n) is 3.81. The Kier molecular flexibility index (Phi) is 4.05. The van der Waals surface area contributed by atoms with Crippen LogP contribution in [0.15, 0.2) is 25.3 Å². The number of nitrogens with two attached hydrogens (primary N) is 1. The van der Waals surface area contributed by atoms with Crippen molar-refractivity contribution in [3.63, 3.8) is 0 Å². The van der Waals surface area contributed by atoms with Gasteiger partial charge in [0.2, 0.25) is 0 Å². The third-order valence-electron chi connectivity index (χ3n) is 2.63. The molecule has 0 fully saturated rings. The maximum absolute atomic E-state index is 9.40. The van der Waals surface area contributed by atoms with Gasteiger partial charge >= 0.3 is 0 Å². The molecule has 4 N–H and O–H groups in total. The van der Waals surface area contributed by atoms with E-state index in [-0.39, 0.29) is 19.0 Å². The van der Waals surface area contributed by atoms with Crippen molar-refractivity contribution in [2.24, 2.45) is 0 Å². The molecule has 2 heterocycles. The normalized spacial score (nSPS) is 14.4. The number of aromatic nitrogens is 4. The van der Waals surface area contributed by atoms with Crippen LogP contribution in [-0.4, -0.2) is 49.0 Å². The SMILES string of the molecule is C=CC(CO)OC(CO)n1cnc2c(N)ncnc21. The first-order valence-electron chi connectivity index (χ1n) is 5.64. The van der Waals surface area contributed by atoms with E-state index in [1.54, 1.807) is 0 Å². The van der Waals surface area contributed by atoms with Crippen LogP contribution in [0.4, 0.5) is 5.82 Å². The highest BCUT2D eigenvalue weighted by Gasteiger charge is 2.19. The Bertz CT molecular complexity index is 570. The van der Waals surface area contributed by atoms with E-state index in [0.717, 1.165) is 0 Å². The lowest BCUT2D eigenvalue weighted by atomic mass is 10.3. The number of hydrogen-bond donors (Lipinski definition) is 3. The van der Waals surface area contributed by atoms with Gasteiger partial charge in [-0.15, -0.1) is 6.58 Å². The molecule has 0 radical (unpaired) electrons. The molecule has 0 aromatic carbocycles. The standard InChI is InChI=1S/C11H15N5O3/c1-2-7(3-17)19-8(4-18)16-6-15-9-10(12)13-5-14-11(9)16/h2,5-8,17-18H,1,3-4H2,(H2,12,13,14). The lowest BCUT2D eigenvalue weighted by Gasteiger charge is -2.21. The number of nitrogen functional groups attached to an aromatic ring is 1. The van der Waals surface area contributed by atoms with Crippen molar-refractivity contribution in [2.45, 2.75) is 12.3 Å². The van der Waals surface area contributed by atoms with Crippen molar-refractivity contribution in [3.8, 4) is 0 Å². The van der Waals surface area contributed by atoms with Crippen LogP contribution in [-0.2, 0) is 4.74 Å². The molecule has 0 bridgehead atoms. The zero-order chi connectivity index (χ0) is 13.8. The third-order valence-corrected chi connectivity index (χ3v) is 2.63.